The highest BCUT2D eigenvalue weighted by molar-refractivity contribution is 6.20. The highest BCUT2D eigenvalue weighted by atomic mass is 35.5. The quantitative estimate of drug-likeness (QED) is 0.679. The Balaban J connectivity index is 1.92. The number of hydrogen-bond donors (Lipinski definition) is 0. The third-order valence-corrected chi connectivity index (χ3v) is 3.77. The van der Waals surface area contributed by atoms with Gasteiger partial charge < -0.3 is 0 Å². The lowest BCUT2D eigenvalue weighted by molar-refractivity contribution is 0.512. The maximum Gasteiger partial charge on any atom is 0.123 e. The number of halogens is 2. The predicted octanol–water partition coefficient (Wildman–Crippen LogP) is 4.17. The van der Waals surface area contributed by atoms with Gasteiger partial charge in [-0.1, -0.05) is 25.0 Å². The van der Waals surface area contributed by atoms with Gasteiger partial charge in [-0.05, 0) is 42.9 Å². The first-order chi connectivity index (χ1) is 7.25. The molecule has 2 heteroatoms. The number of rotatable bonds is 3. The molecule has 1 aliphatic rings. The van der Waals surface area contributed by atoms with Crippen LogP contribution in [0.5, 0.6) is 0 Å². The van der Waals surface area contributed by atoms with E-state index in [1.807, 2.05) is 12.1 Å². The Morgan fingerprint density at radius 3 is 2.40 bits per heavy atom. The Labute approximate surface area is 95.4 Å². The second-order valence-electron chi connectivity index (χ2n) is 4.39. The van der Waals surface area contributed by atoms with Crippen molar-refractivity contribution < 1.29 is 4.39 Å². The summed E-state index contributed by atoms with van der Waals surface area (Å²) in [6, 6.07) is 6.68. The minimum atomic E-state index is -0.175. The predicted molar refractivity (Wildman–Crippen MR) is 61.7 cm³/mol. The summed E-state index contributed by atoms with van der Waals surface area (Å²) >= 11 is 6.37. The van der Waals surface area contributed by atoms with Crippen molar-refractivity contribution in [1.29, 1.82) is 0 Å². The first kappa shape index (κ1) is 10.9. The van der Waals surface area contributed by atoms with Gasteiger partial charge in [0.1, 0.15) is 5.82 Å². The molecule has 0 aromatic heterocycles. The Bertz CT molecular complexity index is 301. The van der Waals surface area contributed by atoms with Crippen LogP contribution >= 0.6 is 11.6 Å². The lowest BCUT2D eigenvalue weighted by atomic mass is 9.97. The highest BCUT2D eigenvalue weighted by Gasteiger charge is 2.23. The first-order valence-electron chi connectivity index (χ1n) is 5.64. The van der Waals surface area contributed by atoms with Gasteiger partial charge in [-0.15, -0.1) is 11.6 Å². The molecule has 1 saturated carbocycles. The van der Waals surface area contributed by atoms with Crippen LogP contribution in [-0.2, 0) is 6.42 Å². The Morgan fingerprint density at radius 1 is 1.20 bits per heavy atom. The zero-order valence-corrected chi connectivity index (χ0v) is 9.51. The molecule has 0 nitrogen and oxygen atoms in total. The zero-order valence-electron chi connectivity index (χ0n) is 8.76. The molecule has 2 rings (SSSR count). The van der Waals surface area contributed by atoms with E-state index < -0.39 is 0 Å². The average Bonchev–Trinajstić information content (AvgIpc) is 2.74. The van der Waals surface area contributed by atoms with Crippen molar-refractivity contribution in [3.05, 3.63) is 35.6 Å². The topological polar surface area (TPSA) is 0 Å². The molecule has 1 aromatic rings. The van der Waals surface area contributed by atoms with Crippen LogP contribution in [0.3, 0.4) is 0 Å². The van der Waals surface area contributed by atoms with Crippen molar-refractivity contribution in [2.75, 3.05) is 0 Å². The van der Waals surface area contributed by atoms with Gasteiger partial charge in [0.05, 0.1) is 0 Å². The van der Waals surface area contributed by atoms with Crippen LogP contribution in [0.4, 0.5) is 4.39 Å². The van der Waals surface area contributed by atoms with Crippen LogP contribution in [-0.4, -0.2) is 5.38 Å². The Morgan fingerprint density at radius 2 is 1.80 bits per heavy atom. The molecule has 0 amide bonds. The van der Waals surface area contributed by atoms with E-state index in [1.54, 1.807) is 0 Å². The largest absolute Gasteiger partial charge is 0.207 e. The number of alkyl halides is 1. The molecule has 0 spiro atoms. The fourth-order valence-corrected chi connectivity index (χ4v) is 2.76. The molecule has 1 atom stereocenters. The second kappa shape index (κ2) is 4.98. The van der Waals surface area contributed by atoms with E-state index >= 15 is 0 Å². The minimum Gasteiger partial charge on any atom is -0.207 e. The molecule has 0 N–H and O–H groups in total. The SMILES string of the molecule is Fc1ccc(CC(Cl)C2CCCC2)cc1. The smallest absolute Gasteiger partial charge is 0.123 e. The zero-order chi connectivity index (χ0) is 10.7. The van der Waals surface area contributed by atoms with Crippen molar-refractivity contribution in [3.63, 3.8) is 0 Å². The molecular weight excluding hydrogens is 211 g/mol. The van der Waals surface area contributed by atoms with Gasteiger partial charge in [0.25, 0.3) is 0 Å². The van der Waals surface area contributed by atoms with E-state index in [-0.39, 0.29) is 11.2 Å². The van der Waals surface area contributed by atoms with Gasteiger partial charge in [0.2, 0.25) is 0 Å². The lowest BCUT2D eigenvalue weighted by Crippen LogP contribution is -2.14. The van der Waals surface area contributed by atoms with Crippen LogP contribution in [0.2, 0.25) is 0 Å². The van der Waals surface area contributed by atoms with Crippen molar-refractivity contribution in [1.82, 2.24) is 0 Å². The molecule has 82 valence electrons. The van der Waals surface area contributed by atoms with Crippen LogP contribution < -0.4 is 0 Å². The standard InChI is InChI=1S/C13H16ClF/c14-13(11-3-1-2-4-11)9-10-5-7-12(15)8-6-10/h5-8,11,13H,1-4,9H2. The van der Waals surface area contributed by atoms with Gasteiger partial charge in [-0.2, -0.15) is 0 Å². The molecular formula is C13H16ClF. The summed E-state index contributed by atoms with van der Waals surface area (Å²) in [6.45, 7) is 0. The molecule has 1 aromatic carbocycles. The summed E-state index contributed by atoms with van der Waals surface area (Å²) in [6.07, 6.45) is 6.02. The summed E-state index contributed by atoms with van der Waals surface area (Å²) in [5, 5.41) is 0.220. The summed E-state index contributed by atoms with van der Waals surface area (Å²) < 4.78 is 12.7. The minimum absolute atomic E-state index is 0.175. The molecule has 15 heavy (non-hydrogen) atoms. The second-order valence-corrected chi connectivity index (χ2v) is 4.95. The van der Waals surface area contributed by atoms with E-state index in [0.717, 1.165) is 12.0 Å². The average molecular weight is 227 g/mol. The van der Waals surface area contributed by atoms with E-state index in [2.05, 4.69) is 0 Å². The maximum atomic E-state index is 12.7. The molecule has 0 bridgehead atoms. The van der Waals surface area contributed by atoms with Crippen molar-refractivity contribution in [2.45, 2.75) is 37.5 Å². The van der Waals surface area contributed by atoms with Gasteiger partial charge in [0.15, 0.2) is 0 Å². The third-order valence-electron chi connectivity index (χ3n) is 3.26. The van der Waals surface area contributed by atoms with Crippen molar-refractivity contribution in [3.8, 4) is 0 Å². The Hall–Kier alpha value is -0.560. The summed E-state index contributed by atoms with van der Waals surface area (Å²) in [5.41, 5.74) is 1.14. The molecule has 1 aliphatic carbocycles. The van der Waals surface area contributed by atoms with E-state index in [1.165, 1.54) is 37.8 Å². The molecule has 0 heterocycles. The van der Waals surface area contributed by atoms with E-state index in [4.69, 9.17) is 11.6 Å². The van der Waals surface area contributed by atoms with Gasteiger partial charge in [-0.25, -0.2) is 4.39 Å². The molecule has 0 radical (unpaired) electrons. The van der Waals surface area contributed by atoms with E-state index in [0.29, 0.717) is 5.92 Å². The maximum absolute atomic E-state index is 12.7. The summed E-state index contributed by atoms with van der Waals surface area (Å²) in [5.74, 6) is 0.488. The number of benzene rings is 1. The number of hydrogen-bond acceptors (Lipinski definition) is 0. The first-order valence-corrected chi connectivity index (χ1v) is 6.08. The van der Waals surface area contributed by atoms with Gasteiger partial charge >= 0.3 is 0 Å². The Kier molecular flexibility index (Phi) is 3.63. The summed E-state index contributed by atoms with van der Waals surface area (Å²) in [7, 11) is 0. The van der Waals surface area contributed by atoms with E-state index in [9.17, 15) is 4.39 Å². The molecule has 1 fully saturated rings. The normalized spacial score (nSPS) is 19.3. The van der Waals surface area contributed by atoms with Crippen molar-refractivity contribution in [2.24, 2.45) is 5.92 Å². The van der Waals surface area contributed by atoms with Gasteiger partial charge in [0, 0.05) is 5.38 Å². The van der Waals surface area contributed by atoms with Crippen molar-refractivity contribution >= 4 is 11.6 Å². The lowest BCUT2D eigenvalue weighted by Gasteiger charge is -2.16. The highest BCUT2D eigenvalue weighted by Crippen LogP contribution is 2.32. The van der Waals surface area contributed by atoms with Crippen LogP contribution in [0.15, 0.2) is 24.3 Å². The van der Waals surface area contributed by atoms with Gasteiger partial charge in [-0.3, -0.25) is 0 Å². The molecule has 1 unspecified atom stereocenters. The monoisotopic (exact) mass is 226 g/mol. The fraction of sp³-hybridized carbons (Fsp3) is 0.538. The van der Waals surface area contributed by atoms with Crippen LogP contribution in [0.1, 0.15) is 31.2 Å². The summed E-state index contributed by atoms with van der Waals surface area (Å²) in [4.78, 5) is 0. The van der Waals surface area contributed by atoms with Crippen LogP contribution in [0.25, 0.3) is 0 Å². The fourth-order valence-electron chi connectivity index (χ4n) is 2.33. The molecule has 0 saturated heterocycles. The van der Waals surface area contributed by atoms with Crippen LogP contribution in [0, 0.1) is 11.7 Å². The molecule has 0 aliphatic heterocycles. The third kappa shape index (κ3) is 2.94.